The van der Waals surface area contributed by atoms with Gasteiger partial charge < -0.3 is 4.74 Å². The lowest BCUT2D eigenvalue weighted by Crippen LogP contribution is -2.12. The molecule has 2 heteroatoms. The van der Waals surface area contributed by atoms with Crippen LogP contribution in [0, 0.1) is 0 Å². The summed E-state index contributed by atoms with van der Waals surface area (Å²) in [6, 6.07) is 18.0. The molecule has 0 aromatic heterocycles. The first kappa shape index (κ1) is 12.0. The van der Waals surface area contributed by atoms with Crippen LogP contribution in [0.2, 0.25) is 0 Å². The minimum absolute atomic E-state index is 0.148. The molecule has 0 radical (unpaired) electrons. The van der Waals surface area contributed by atoms with Crippen LogP contribution in [0.15, 0.2) is 54.6 Å². The van der Waals surface area contributed by atoms with Gasteiger partial charge in [-0.05, 0) is 23.1 Å². The third kappa shape index (κ3) is 2.26. The van der Waals surface area contributed by atoms with Crippen molar-refractivity contribution in [1.82, 2.24) is 0 Å². The highest BCUT2D eigenvalue weighted by molar-refractivity contribution is 5.75. The number of carbonyl (C=O) groups is 1. The van der Waals surface area contributed by atoms with E-state index in [1.807, 2.05) is 36.4 Å². The summed E-state index contributed by atoms with van der Waals surface area (Å²) in [5.41, 5.74) is 2.31. The molecular weight excluding hydrogens is 236 g/mol. The molecule has 0 bridgehead atoms. The number of hydrogen-bond acceptors (Lipinski definition) is 2. The second-order valence-corrected chi connectivity index (χ2v) is 5.02. The monoisotopic (exact) mass is 252 g/mol. The van der Waals surface area contributed by atoms with E-state index in [0.717, 1.165) is 5.56 Å². The first-order chi connectivity index (χ1) is 9.25. The largest absolute Gasteiger partial charge is 0.426 e. The van der Waals surface area contributed by atoms with Crippen molar-refractivity contribution in [2.24, 2.45) is 0 Å². The maximum atomic E-state index is 12.0. The Kier molecular flexibility index (Phi) is 3.08. The predicted octanol–water partition coefficient (Wildman–Crippen LogP) is 3.88. The van der Waals surface area contributed by atoms with Crippen LogP contribution in [0.1, 0.15) is 36.3 Å². The Morgan fingerprint density at radius 3 is 2.47 bits per heavy atom. The summed E-state index contributed by atoms with van der Waals surface area (Å²) in [5, 5.41) is 0. The third-order valence-electron chi connectivity index (χ3n) is 3.85. The highest BCUT2D eigenvalue weighted by atomic mass is 16.5. The molecular formula is C17H16O2. The standard InChI is InChI=1S/C17H16O2/c1-12-14-9-5-6-10-16(14)19-17(18)11-15(12)13-7-3-2-4-8-13/h2-10,12,15H,11H2,1H3/t12?,15-/m0/s1. The van der Waals surface area contributed by atoms with E-state index in [-0.39, 0.29) is 17.8 Å². The number of benzene rings is 2. The van der Waals surface area contributed by atoms with Crippen molar-refractivity contribution in [2.45, 2.75) is 25.2 Å². The van der Waals surface area contributed by atoms with Gasteiger partial charge >= 0.3 is 5.97 Å². The first-order valence-corrected chi connectivity index (χ1v) is 6.60. The van der Waals surface area contributed by atoms with Gasteiger partial charge in [0.1, 0.15) is 5.75 Å². The summed E-state index contributed by atoms with van der Waals surface area (Å²) in [4.78, 5) is 12.0. The number of esters is 1. The van der Waals surface area contributed by atoms with E-state index in [0.29, 0.717) is 12.2 Å². The lowest BCUT2D eigenvalue weighted by atomic mass is 9.81. The lowest BCUT2D eigenvalue weighted by molar-refractivity contribution is -0.134. The number of ether oxygens (including phenoxy) is 1. The summed E-state index contributed by atoms with van der Waals surface area (Å²) >= 11 is 0. The minimum Gasteiger partial charge on any atom is -0.426 e. The van der Waals surface area contributed by atoms with E-state index in [1.54, 1.807) is 0 Å². The molecule has 1 aliphatic heterocycles. The summed E-state index contributed by atoms with van der Waals surface area (Å²) < 4.78 is 5.44. The van der Waals surface area contributed by atoms with E-state index >= 15 is 0 Å². The van der Waals surface area contributed by atoms with Crippen molar-refractivity contribution in [1.29, 1.82) is 0 Å². The zero-order valence-corrected chi connectivity index (χ0v) is 10.9. The molecule has 0 amide bonds. The second kappa shape index (κ2) is 4.88. The van der Waals surface area contributed by atoms with Crippen molar-refractivity contribution in [2.75, 3.05) is 0 Å². The van der Waals surface area contributed by atoms with Crippen LogP contribution in [0.4, 0.5) is 0 Å². The molecule has 96 valence electrons. The zero-order valence-electron chi connectivity index (χ0n) is 10.9. The molecule has 0 aliphatic carbocycles. The average Bonchev–Trinajstić information content (AvgIpc) is 2.57. The van der Waals surface area contributed by atoms with Gasteiger partial charge in [0.25, 0.3) is 0 Å². The Morgan fingerprint density at radius 1 is 1.00 bits per heavy atom. The summed E-state index contributed by atoms with van der Waals surface area (Å²) in [6.45, 7) is 2.17. The zero-order chi connectivity index (χ0) is 13.2. The highest BCUT2D eigenvalue weighted by Gasteiger charge is 2.30. The maximum Gasteiger partial charge on any atom is 0.311 e. The Labute approximate surface area is 113 Å². The molecule has 1 aliphatic rings. The van der Waals surface area contributed by atoms with E-state index in [1.165, 1.54) is 5.56 Å². The van der Waals surface area contributed by atoms with Gasteiger partial charge in [-0.2, -0.15) is 0 Å². The van der Waals surface area contributed by atoms with Gasteiger partial charge in [-0.25, -0.2) is 0 Å². The molecule has 19 heavy (non-hydrogen) atoms. The quantitative estimate of drug-likeness (QED) is 0.568. The molecule has 0 saturated heterocycles. The fraction of sp³-hybridized carbons (Fsp3) is 0.235. The topological polar surface area (TPSA) is 26.3 Å². The van der Waals surface area contributed by atoms with Crippen molar-refractivity contribution in [3.63, 3.8) is 0 Å². The van der Waals surface area contributed by atoms with E-state index < -0.39 is 0 Å². The summed E-state index contributed by atoms with van der Waals surface area (Å²) in [7, 11) is 0. The SMILES string of the molecule is CC1c2ccccc2OC(=O)C[C@@H]1c1ccccc1. The predicted molar refractivity (Wildman–Crippen MR) is 74.3 cm³/mol. The smallest absolute Gasteiger partial charge is 0.311 e. The highest BCUT2D eigenvalue weighted by Crippen LogP contribution is 2.41. The first-order valence-electron chi connectivity index (χ1n) is 6.60. The molecule has 2 atom stereocenters. The molecule has 0 spiro atoms. The number of fused-ring (bicyclic) bond motifs is 1. The van der Waals surface area contributed by atoms with Gasteiger partial charge in [-0.15, -0.1) is 0 Å². The molecule has 2 nitrogen and oxygen atoms in total. The van der Waals surface area contributed by atoms with Gasteiger partial charge in [0.2, 0.25) is 0 Å². The fourth-order valence-electron chi connectivity index (χ4n) is 2.79. The molecule has 0 N–H and O–H groups in total. The molecule has 2 aromatic rings. The van der Waals surface area contributed by atoms with Crippen LogP contribution in [0.25, 0.3) is 0 Å². The van der Waals surface area contributed by atoms with Gasteiger partial charge in [0, 0.05) is 5.92 Å². The summed E-state index contributed by atoms with van der Waals surface area (Å²) in [6.07, 6.45) is 0.430. The van der Waals surface area contributed by atoms with Crippen molar-refractivity contribution >= 4 is 5.97 Å². The minimum atomic E-state index is -0.148. The fourth-order valence-corrected chi connectivity index (χ4v) is 2.79. The van der Waals surface area contributed by atoms with Gasteiger partial charge in [-0.3, -0.25) is 4.79 Å². The molecule has 3 rings (SSSR count). The molecule has 1 unspecified atom stereocenters. The van der Waals surface area contributed by atoms with Gasteiger partial charge in [-0.1, -0.05) is 55.5 Å². The average molecular weight is 252 g/mol. The van der Waals surface area contributed by atoms with Crippen LogP contribution < -0.4 is 4.74 Å². The normalized spacial score (nSPS) is 22.3. The number of carbonyl (C=O) groups excluding carboxylic acids is 1. The summed E-state index contributed by atoms with van der Waals surface area (Å²) in [5.74, 6) is 1.01. The van der Waals surface area contributed by atoms with E-state index in [4.69, 9.17) is 4.74 Å². The van der Waals surface area contributed by atoms with Crippen LogP contribution in [0.5, 0.6) is 5.75 Å². The maximum absolute atomic E-state index is 12.0. The number of para-hydroxylation sites is 1. The third-order valence-corrected chi connectivity index (χ3v) is 3.85. The van der Waals surface area contributed by atoms with Gasteiger partial charge in [0.05, 0.1) is 6.42 Å². The Hall–Kier alpha value is -2.09. The molecule has 0 fully saturated rings. The molecule has 2 aromatic carbocycles. The number of hydrogen-bond donors (Lipinski definition) is 0. The van der Waals surface area contributed by atoms with Crippen LogP contribution in [0.3, 0.4) is 0 Å². The van der Waals surface area contributed by atoms with Crippen molar-refractivity contribution in [3.05, 3.63) is 65.7 Å². The number of rotatable bonds is 1. The Morgan fingerprint density at radius 2 is 1.68 bits per heavy atom. The lowest BCUT2D eigenvalue weighted by Gasteiger charge is -2.21. The molecule has 0 saturated carbocycles. The van der Waals surface area contributed by atoms with E-state index in [2.05, 4.69) is 25.1 Å². The Bertz CT molecular complexity index is 589. The van der Waals surface area contributed by atoms with Crippen LogP contribution in [-0.4, -0.2) is 5.97 Å². The Balaban J connectivity index is 2.06. The van der Waals surface area contributed by atoms with Crippen LogP contribution >= 0.6 is 0 Å². The van der Waals surface area contributed by atoms with Gasteiger partial charge in [0.15, 0.2) is 0 Å². The van der Waals surface area contributed by atoms with Crippen molar-refractivity contribution in [3.8, 4) is 5.75 Å². The van der Waals surface area contributed by atoms with E-state index in [9.17, 15) is 4.79 Å². The molecule has 1 heterocycles. The van der Waals surface area contributed by atoms with Crippen LogP contribution in [-0.2, 0) is 4.79 Å². The second-order valence-electron chi connectivity index (χ2n) is 5.02. The van der Waals surface area contributed by atoms with Crippen molar-refractivity contribution < 1.29 is 9.53 Å².